The Bertz CT molecular complexity index is 3000. The van der Waals surface area contributed by atoms with Crippen molar-refractivity contribution < 1.29 is 27.5 Å². The summed E-state index contributed by atoms with van der Waals surface area (Å²) in [5.41, 5.74) is 4.42. The maximum absolute atomic E-state index is 13.9. The highest BCUT2D eigenvalue weighted by Gasteiger charge is 2.38. The number of ether oxygens (including phenoxy) is 1. The number of carbonyl (C=O) groups excluding carboxylic acids is 3. The van der Waals surface area contributed by atoms with Crippen LogP contribution in [0.3, 0.4) is 0 Å². The molecule has 4 fully saturated rings. The Morgan fingerprint density at radius 1 is 0.913 bits per heavy atom. The van der Waals surface area contributed by atoms with Crippen LogP contribution in [0.2, 0.25) is 10.0 Å². The van der Waals surface area contributed by atoms with Crippen LogP contribution < -0.4 is 25.7 Å². The minimum Gasteiger partial charge on any atom is -0.366 e. The van der Waals surface area contributed by atoms with Crippen molar-refractivity contribution in [1.82, 2.24) is 49.4 Å². The van der Waals surface area contributed by atoms with Crippen LogP contribution in [0.1, 0.15) is 69.1 Å². The highest BCUT2D eigenvalue weighted by atomic mass is 35.5. The first kappa shape index (κ1) is 47.2. The number of hydrogen-bond acceptors (Lipinski definition) is 12. The van der Waals surface area contributed by atoms with E-state index in [-0.39, 0.29) is 36.4 Å². The molecule has 0 radical (unpaired) electrons. The number of pyridine rings is 2. The van der Waals surface area contributed by atoms with E-state index in [1.807, 2.05) is 37.1 Å². The molecule has 69 heavy (non-hydrogen) atoms. The standard InChI is InChI=1S/C48H56Cl2N12O6S/c1-29-22-39-36(24-41(29)68-30(2)45-37(49)26-51-27-38(45)50)46(55-54-39)33-5-7-42(52-25-33)59-18-20-61(21-19-59)69(66,67)34-10-15-60(16-11-34)44(64)28-58-13-8-31(9-14-58)32-4-6-35-40(23-32)57(3)56-47(35)62-17-12-43(63)53-48(62)65/h4-7,22-27,29-31,34,41,54H,8-21,28H2,1-3H3,(H,53,63,65)/t29?,30-,41?/m1/s1. The molecule has 5 aromatic rings. The lowest BCUT2D eigenvalue weighted by molar-refractivity contribution is -0.133. The summed E-state index contributed by atoms with van der Waals surface area (Å²) in [6, 6.07) is 9.74. The second-order valence-electron chi connectivity index (χ2n) is 18.8. The Hall–Kier alpha value is -5.44. The van der Waals surface area contributed by atoms with Gasteiger partial charge in [-0.1, -0.05) is 42.3 Å². The number of sulfonamides is 1. The molecule has 364 valence electrons. The lowest BCUT2D eigenvalue weighted by atomic mass is 9.89. The molecule has 4 aliphatic heterocycles. The Balaban J connectivity index is 0.684. The lowest BCUT2D eigenvalue weighted by Gasteiger charge is -2.39. The number of piperazine rings is 1. The number of urea groups is 1. The van der Waals surface area contributed by atoms with Gasteiger partial charge < -0.3 is 14.5 Å². The second-order valence-corrected chi connectivity index (χ2v) is 21.8. The van der Waals surface area contributed by atoms with Crippen LogP contribution in [-0.4, -0.2) is 147 Å². The molecule has 0 bridgehead atoms. The van der Waals surface area contributed by atoms with Gasteiger partial charge in [0.15, 0.2) is 5.82 Å². The number of likely N-dealkylation sites (tertiary alicyclic amines) is 2. The van der Waals surface area contributed by atoms with Gasteiger partial charge >= 0.3 is 6.03 Å². The zero-order valence-electron chi connectivity index (χ0n) is 38.9. The van der Waals surface area contributed by atoms with Crippen LogP contribution in [0.4, 0.5) is 16.4 Å². The van der Waals surface area contributed by atoms with E-state index in [9.17, 15) is 22.8 Å². The first-order valence-electron chi connectivity index (χ1n) is 23.7. The Kier molecular flexibility index (Phi) is 13.3. The minimum absolute atomic E-state index is 0.0447. The zero-order valence-corrected chi connectivity index (χ0v) is 41.2. The van der Waals surface area contributed by atoms with Gasteiger partial charge in [0.05, 0.1) is 44.9 Å². The van der Waals surface area contributed by atoms with Crippen molar-refractivity contribution in [2.75, 3.05) is 75.2 Å². The van der Waals surface area contributed by atoms with Gasteiger partial charge in [-0.05, 0) is 87.5 Å². The highest BCUT2D eigenvalue weighted by Crippen LogP contribution is 2.36. The average molecular weight is 1000 g/mol. The van der Waals surface area contributed by atoms with Crippen molar-refractivity contribution >= 4 is 85.8 Å². The molecule has 2 N–H and O–H groups in total. The predicted octanol–water partition coefficient (Wildman–Crippen LogP) is 4.19. The number of aromatic amines is 1. The summed E-state index contributed by atoms with van der Waals surface area (Å²) in [7, 11) is -1.69. The first-order valence-corrected chi connectivity index (χ1v) is 26.0. The molecule has 21 heteroatoms. The summed E-state index contributed by atoms with van der Waals surface area (Å²) in [5, 5.41) is 17.9. The maximum Gasteiger partial charge on any atom is 0.329 e. The van der Waals surface area contributed by atoms with Crippen molar-refractivity contribution in [2.24, 2.45) is 13.0 Å². The van der Waals surface area contributed by atoms with Gasteiger partial charge in [0.2, 0.25) is 21.8 Å². The van der Waals surface area contributed by atoms with Crippen LogP contribution in [-0.2, 0) is 31.4 Å². The van der Waals surface area contributed by atoms with Crippen LogP contribution in [0.15, 0.2) is 48.9 Å². The van der Waals surface area contributed by atoms with Gasteiger partial charge in [0.1, 0.15) is 11.5 Å². The summed E-state index contributed by atoms with van der Waals surface area (Å²) in [4.78, 5) is 54.2. The van der Waals surface area contributed by atoms with Gasteiger partial charge in [-0.3, -0.25) is 39.5 Å². The number of H-pyrrole nitrogens is 1. The van der Waals surface area contributed by atoms with E-state index in [4.69, 9.17) is 32.9 Å². The summed E-state index contributed by atoms with van der Waals surface area (Å²) in [6.07, 6.45) is 11.4. The number of amides is 4. The van der Waals surface area contributed by atoms with Crippen molar-refractivity contribution in [3.63, 3.8) is 0 Å². The van der Waals surface area contributed by atoms with Gasteiger partial charge in [0, 0.05) is 106 Å². The molecular weight excluding hydrogens is 944 g/mol. The van der Waals surface area contributed by atoms with Gasteiger partial charge in [-0.25, -0.2) is 18.2 Å². The Labute approximate surface area is 410 Å². The SMILES string of the molecule is CC1C=c2[nH]nc(-c3ccc(N4CCN(S(=O)(=O)C5CCN(C(=O)CN6CCC(c7ccc8c(N9CCC(=O)NC9=O)nn(C)c8c7)CC6)CC5)CC4)nc3)c2=CC1O[C@H](C)c1c(Cl)cncc1Cl. The topological polar surface area (TPSA) is 195 Å². The molecule has 5 aliphatic rings. The number of halogens is 2. The smallest absolute Gasteiger partial charge is 0.329 e. The number of rotatable bonds is 11. The van der Waals surface area contributed by atoms with Gasteiger partial charge in [-0.15, -0.1) is 0 Å². The van der Waals surface area contributed by atoms with Crippen molar-refractivity contribution in [3.05, 3.63) is 80.7 Å². The number of imide groups is 1. The third-order valence-electron chi connectivity index (χ3n) is 14.5. The molecule has 1 aliphatic carbocycles. The summed E-state index contributed by atoms with van der Waals surface area (Å²) in [6.45, 7) is 8.80. The number of nitrogens with one attached hydrogen (secondary N) is 2. The van der Waals surface area contributed by atoms with Crippen molar-refractivity contribution in [2.45, 2.75) is 69.3 Å². The number of aromatic nitrogens is 6. The molecule has 4 aromatic heterocycles. The number of hydrogen-bond donors (Lipinski definition) is 2. The number of benzene rings is 1. The second kappa shape index (κ2) is 19.4. The van der Waals surface area contributed by atoms with Crippen molar-refractivity contribution in [3.8, 4) is 11.3 Å². The third kappa shape index (κ3) is 9.48. The number of aryl methyl sites for hydroxylation is 1. The number of anilines is 2. The summed E-state index contributed by atoms with van der Waals surface area (Å²) in [5.74, 6) is 1.46. The average Bonchev–Trinajstić information content (AvgIpc) is 3.91. The fraction of sp³-hybridized carbons (Fsp3) is 0.479. The molecule has 4 saturated heterocycles. The van der Waals surface area contributed by atoms with E-state index in [0.29, 0.717) is 92.5 Å². The first-order chi connectivity index (χ1) is 33.2. The molecule has 3 atom stereocenters. The van der Waals surface area contributed by atoms with Crippen LogP contribution in [0, 0.1) is 5.92 Å². The summed E-state index contributed by atoms with van der Waals surface area (Å²) < 4.78 is 37.7. The Morgan fingerprint density at radius 2 is 1.65 bits per heavy atom. The van der Waals surface area contributed by atoms with E-state index < -0.39 is 21.3 Å². The monoisotopic (exact) mass is 998 g/mol. The van der Waals surface area contributed by atoms with Crippen LogP contribution in [0.5, 0.6) is 0 Å². The largest absolute Gasteiger partial charge is 0.366 e. The number of carbonyl (C=O) groups is 3. The predicted molar refractivity (Wildman–Crippen MR) is 264 cm³/mol. The van der Waals surface area contributed by atoms with Crippen LogP contribution in [0.25, 0.3) is 34.3 Å². The minimum atomic E-state index is -3.55. The van der Waals surface area contributed by atoms with E-state index in [1.54, 1.807) is 27.6 Å². The molecule has 4 amide bonds. The van der Waals surface area contributed by atoms with Gasteiger partial charge in [-0.2, -0.15) is 14.5 Å². The number of nitrogens with zero attached hydrogens (tertiary/aromatic N) is 10. The Morgan fingerprint density at radius 3 is 2.35 bits per heavy atom. The molecule has 2 unspecified atom stereocenters. The zero-order chi connectivity index (χ0) is 48.1. The number of fused-ring (bicyclic) bond motifs is 2. The lowest BCUT2D eigenvalue weighted by Crippen LogP contribution is -2.54. The normalized spacial score (nSPS) is 21.8. The molecular formula is C48H56Cl2N12O6S. The quantitative estimate of drug-likeness (QED) is 0.192. The molecule has 0 saturated carbocycles. The van der Waals surface area contributed by atoms with Gasteiger partial charge in [0.25, 0.3) is 0 Å². The van der Waals surface area contributed by atoms with E-state index >= 15 is 0 Å². The van der Waals surface area contributed by atoms with Crippen molar-refractivity contribution in [1.29, 1.82) is 0 Å². The maximum atomic E-state index is 13.9. The fourth-order valence-corrected chi connectivity index (χ4v) is 13.1. The van der Waals surface area contributed by atoms with Crippen LogP contribution >= 0.6 is 23.2 Å². The summed E-state index contributed by atoms with van der Waals surface area (Å²) >= 11 is 12.9. The molecule has 0 spiro atoms. The highest BCUT2D eigenvalue weighted by molar-refractivity contribution is 7.89. The molecule has 10 rings (SSSR count). The molecule has 8 heterocycles. The third-order valence-corrected chi connectivity index (χ3v) is 17.5. The molecule has 1 aromatic carbocycles. The number of piperidine rings is 2. The van der Waals surface area contributed by atoms with E-state index in [2.05, 4.69) is 66.6 Å². The fourth-order valence-electron chi connectivity index (χ4n) is 10.5. The van der Waals surface area contributed by atoms with E-state index in [0.717, 1.165) is 64.5 Å². The molecule has 18 nitrogen and oxygen atoms in total. The van der Waals surface area contributed by atoms with E-state index in [1.165, 1.54) is 10.5 Å².